The normalized spacial score (nSPS) is 21.6. The van der Waals surface area contributed by atoms with Gasteiger partial charge >= 0.3 is 0 Å². The van der Waals surface area contributed by atoms with E-state index in [1.807, 2.05) is 6.20 Å². The highest BCUT2D eigenvalue weighted by Crippen LogP contribution is 2.38. The van der Waals surface area contributed by atoms with Crippen LogP contribution < -0.4 is 5.32 Å². The van der Waals surface area contributed by atoms with Crippen molar-refractivity contribution in [1.29, 1.82) is 0 Å². The second kappa shape index (κ2) is 6.61. The van der Waals surface area contributed by atoms with Crippen LogP contribution in [0, 0.1) is 5.41 Å². The molecule has 1 aliphatic carbocycles. The fourth-order valence-corrected chi connectivity index (χ4v) is 3.14. The van der Waals surface area contributed by atoms with Crippen LogP contribution in [0.2, 0.25) is 0 Å². The molecule has 114 valence electrons. The molecule has 4 nitrogen and oxygen atoms in total. The number of likely N-dealkylation sites (N-methyl/N-ethyl adjacent to an activating group) is 1. The molecule has 1 heterocycles. The monoisotopic (exact) mass is 278 g/mol. The van der Waals surface area contributed by atoms with Gasteiger partial charge in [0.05, 0.1) is 18.4 Å². The first-order chi connectivity index (χ1) is 9.52. The molecule has 1 saturated carbocycles. The van der Waals surface area contributed by atoms with Crippen molar-refractivity contribution in [2.24, 2.45) is 5.41 Å². The molecule has 1 N–H and O–H groups in total. The molecule has 0 bridgehead atoms. The summed E-state index contributed by atoms with van der Waals surface area (Å²) in [4.78, 5) is 2.42. The predicted octanol–water partition coefficient (Wildman–Crippen LogP) is 3.22. The number of anilines is 1. The number of aromatic nitrogens is 2. The van der Waals surface area contributed by atoms with E-state index in [4.69, 9.17) is 0 Å². The van der Waals surface area contributed by atoms with Gasteiger partial charge in [-0.1, -0.05) is 27.7 Å². The van der Waals surface area contributed by atoms with Crippen LogP contribution in [0.3, 0.4) is 0 Å². The highest BCUT2D eigenvalue weighted by molar-refractivity contribution is 5.39. The van der Waals surface area contributed by atoms with E-state index in [1.165, 1.54) is 24.9 Å². The zero-order valence-electron chi connectivity index (χ0n) is 13.5. The molecule has 1 atom stereocenters. The maximum absolute atomic E-state index is 4.46. The fraction of sp³-hybridized carbons (Fsp3) is 0.812. The van der Waals surface area contributed by atoms with Gasteiger partial charge in [0.25, 0.3) is 0 Å². The molecule has 2 rings (SSSR count). The van der Waals surface area contributed by atoms with Gasteiger partial charge in [0.1, 0.15) is 0 Å². The lowest BCUT2D eigenvalue weighted by atomic mass is 9.92. The topological polar surface area (TPSA) is 33.1 Å². The van der Waals surface area contributed by atoms with E-state index >= 15 is 0 Å². The molecule has 0 radical (unpaired) electrons. The lowest BCUT2D eigenvalue weighted by Gasteiger charge is -2.18. The fourth-order valence-electron chi connectivity index (χ4n) is 3.14. The molecule has 1 aromatic heterocycles. The molecule has 0 aromatic carbocycles. The first-order valence-corrected chi connectivity index (χ1v) is 8.04. The number of hydrogen-bond acceptors (Lipinski definition) is 3. The first kappa shape index (κ1) is 15.4. The molecule has 1 fully saturated rings. The van der Waals surface area contributed by atoms with Gasteiger partial charge in [0.2, 0.25) is 0 Å². The quantitative estimate of drug-likeness (QED) is 0.831. The molecule has 0 aliphatic heterocycles. The van der Waals surface area contributed by atoms with Crippen LogP contribution in [-0.4, -0.2) is 40.4 Å². The van der Waals surface area contributed by atoms with Gasteiger partial charge in [-0.2, -0.15) is 5.10 Å². The van der Waals surface area contributed by atoms with Crippen molar-refractivity contribution in [2.75, 3.05) is 25.0 Å². The number of nitrogens with zero attached hydrogens (tertiary/aromatic N) is 3. The van der Waals surface area contributed by atoms with Crippen LogP contribution in [0.4, 0.5) is 5.69 Å². The Kier molecular flexibility index (Phi) is 5.08. The van der Waals surface area contributed by atoms with Crippen molar-refractivity contribution < 1.29 is 0 Å². The van der Waals surface area contributed by atoms with Gasteiger partial charge in [-0.25, -0.2) is 0 Å². The molecule has 1 aliphatic rings. The van der Waals surface area contributed by atoms with Gasteiger partial charge in [-0.15, -0.1) is 0 Å². The number of rotatable bonds is 7. The van der Waals surface area contributed by atoms with Crippen LogP contribution >= 0.6 is 0 Å². The molecule has 4 heteroatoms. The summed E-state index contributed by atoms with van der Waals surface area (Å²) in [6.45, 7) is 13.4. The van der Waals surface area contributed by atoms with Crippen molar-refractivity contribution in [3.05, 3.63) is 12.4 Å². The summed E-state index contributed by atoms with van der Waals surface area (Å²) in [6.07, 6.45) is 7.97. The summed E-state index contributed by atoms with van der Waals surface area (Å²) in [7, 11) is 0. The Balaban J connectivity index is 1.80. The summed E-state index contributed by atoms with van der Waals surface area (Å²) in [6, 6.07) is 0.616. The highest BCUT2D eigenvalue weighted by Gasteiger charge is 2.30. The minimum atomic E-state index is 0.496. The van der Waals surface area contributed by atoms with Gasteiger partial charge in [-0.05, 0) is 37.8 Å². The minimum absolute atomic E-state index is 0.496. The summed E-state index contributed by atoms with van der Waals surface area (Å²) >= 11 is 0. The Morgan fingerprint density at radius 1 is 1.40 bits per heavy atom. The van der Waals surface area contributed by atoms with Gasteiger partial charge in [0, 0.05) is 18.8 Å². The first-order valence-electron chi connectivity index (χ1n) is 8.04. The predicted molar refractivity (Wildman–Crippen MR) is 85.1 cm³/mol. The van der Waals surface area contributed by atoms with E-state index in [-0.39, 0.29) is 0 Å². The van der Waals surface area contributed by atoms with Crippen molar-refractivity contribution in [3.8, 4) is 0 Å². The third kappa shape index (κ3) is 4.23. The smallest absolute Gasteiger partial charge is 0.0728 e. The van der Waals surface area contributed by atoms with E-state index in [0.717, 1.165) is 26.2 Å². The van der Waals surface area contributed by atoms with E-state index in [0.29, 0.717) is 11.5 Å². The van der Waals surface area contributed by atoms with Crippen molar-refractivity contribution in [3.63, 3.8) is 0 Å². The molecule has 0 amide bonds. The third-order valence-electron chi connectivity index (χ3n) is 4.51. The molecular weight excluding hydrogens is 248 g/mol. The largest absolute Gasteiger partial charge is 0.380 e. The average Bonchev–Trinajstić information content (AvgIpc) is 2.98. The Morgan fingerprint density at radius 3 is 2.75 bits per heavy atom. The molecule has 0 saturated heterocycles. The molecule has 20 heavy (non-hydrogen) atoms. The van der Waals surface area contributed by atoms with Crippen LogP contribution in [-0.2, 0) is 6.54 Å². The van der Waals surface area contributed by atoms with Crippen molar-refractivity contribution >= 4 is 5.69 Å². The maximum Gasteiger partial charge on any atom is 0.0728 e. The lowest BCUT2D eigenvalue weighted by molar-refractivity contribution is 0.285. The van der Waals surface area contributed by atoms with Crippen LogP contribution in [0.5, 0.6) is 0 Å². The van der Waals surface area contributed by atoms with E-state index in [2.05, 4.69) is 53.9 Å². The van der Waals surface area contributed by atoms with Crippen LogP contribution in [0.1, 0.15) is 47.0 Å². The van der Waals surface area contributed by atoms with E-state index in [1.54, 1.807) is 0 Å². The van der Waals surface area contributed by atoms with E-state index < -0.39 is 0 Å². The van der Waals surface area contributed by atoms with E-state index in [9.17, 15) is 0 Å². The Morgan fingerprint density at radius 2 is 2.15 bits per heavy atom. The summed E-state index contributed by atoms with van der Waals surface area (Å²) in [5.41, 5.74) is 1.67. The van der Waals surface area contributed by atoms with Gasteiger partial charge < -0.3 is 10.2 Å². The molecular formula is C16H30N4. The number of nitrogens with one attached hydrogen (secondary N) is 1. The van der Waals surface area contributed by atoms with Gasteiger partial charge in [0.15, 0.2) is 0 Å². The average molecular weight is 278 g/mol. The van der Waals surface area contributed by atoms with Gasteiger partial charge in [-0.3, -0.25) is 4.68 Å². The Labute approximate surface area is 123 Å². The standard InChI is InChI=1S/C16H30N4/c1-5-19(6-2)9-10-20-13-15(12-17-20)18-14-7-8-16(3,4)11-14/h12-14,18H,5-11H2,1-4H3. The van der Waals surface area contributed by atoms with Crippen molar-refractivity contribution in [2.45, 2.75) is 59.5 Å². The van der Waals surface area contributed by atoms with Crippen LogP contribution in [0.15, 0.2) is 12.4 Å². The second-order valence-corrected chi connectivity index (χ2v) is 6.77. The van der Waals surface area contributed by atoms with Crippen molar-refractivity contribution in [1.82, 2.24) is 14.7 Å². The number of hydrogen-bond donors (Lipinski definition) is 1. The minimum Gasteiger partial charge on any atom is -0.380 e. The highest BCUT2D eigenvalue weighted by atomic mass is 15.3. The summed E-state index contributed by atoms with van der Waals surface area (Å²) < 4.78 is 2.06. The molecule has 0 spiro atoms. The molecule has 1 aromatic rings. The lowest BCUT2D eigenvalue weighted by Crippen LogP contribution is -2.27. The third-order valence-corrected chi connectivity index (χ3v) is 4.51. The molecule has 1 unspecified atom stereocenters. The summed E-state index contributed by atoms with van der Waals surface area (Å²) in [5, 5.41) is 8.10. The SMILES string of the molecule is CCN(CC)CCn1cc(NC2CCC(C)(C)C2)cn1. The Hall–Kier alpha value is -1.03. The van der Waals surface area contributed by atoms with Crippen LogP contribution in [0.25, 0.3) is 0 Å². The Bertz CT molecular complexity index is 406. The second-order valence-electron chi connectivity index (χ2n) is 6.77. The summed E-state index contributed by atoms with van der Waals surface area (Å²) in [5.74, 6) is 0. The zero-order chi connectivity index (χ0) is 14.6. The zero-order valence-corrected chi connectivity index (χ0v) is 13.5. The maximum atomic E-state index is 4.46.